The fourth-order valence-electron chi connectivity index (χ4n) is 2.35. The lowest BCUT2D eigenvalue weighted by Gasteiger charge is -2.16. The van der Waals surface area contributed by atoms with Gasteiger partial charge in [-0.05, 0) is 12.8 Å². The third-order valence-electron chi connectivity index (χ3n) is 3.85. The van der Waals surface area contributed by atoms with Crippen LogP contribution in [0.3, 0.4) is 0 Å². The van der Waals surface area contributed by atoms with Crippen LogP contribution in [0.2, 0.25) is 0 Å². The van der Waals surface area contributed by atoms with Crippen molar-refractivity contribution in [1.29, 1.82) is 0 Å². The molecule has 0 saturated carbocycles. The Labute approximate surface area is 132 Å². The van der Waals surface area contributed by atoms with Crippen molar-refractivity contribution in [2.45, 2.75) is 90.9 Å². The minimum absolute atomic E-state index is 0.555. The predicted molar refractivity (Wildman–Crippen MR) is 92.2 cm³/mol. The fourth-order valence-corrected chi connectivity index (χ4v) is 3.78. The largest absolute Gasteiger partial charge is 0.330 e. The van der Waals surface area contributed by atoms with E-state index in [-0.39, 0.29) is 0 Å². The van der Waals surface area contributed by atoms with Crippen molar-refractivity contribution >= 4 is 7.60 Å². The zero-order valence-electron chi connectivity index (χ0n) is 14.6. The van der Waals surface area contributed by atoms with Crippen LogP contribution in [0.1, 0.15) is 90.9 Å². The van der Waals surface area contributed by atoms with Gasteiger partial charge in [0.15, 0.2) is 0 Å². The van der Waals surface area contributed by atoms with E-state index in [4.69, 9.17) is 9.05 Å². The molecule has 128 valence electrons. The van der Waals surface area contributed by atoms with E-state index in [1.165, 1.54) is 58.5 Å². The summed E-state index contributed by atoms with van der Waals surface area (Å²) in [5.74, 6) is 0. The molecule has 0 aliphatic rings. The van der Waals surface area contributed by atoms with Gasteiger partial charge >= 0.3 is 7.60 Å². The van der Waals surface area contributed by atoms with E-state index in [1.807, 2.05) is 0 Å². The normalized spacial score (nSPS) is 14.2. The zero-order valence-corrected chi connectivity index (χ0v) is 15.5. The zero-order chi connectivity index (χ0) is 15.8. The van der Waals surface area contributed by atoms with Crippen LogP contribution in [-0.4, -0.2) is 19.9 Å². The van der Waals surface area contributed by atoms with E-state index in [9.17, 15) is 4.57 Å². The van der Waals surface area contributed by atoms with Crippen molar-refractivity contribution in [2.75, 3.05) is 19.9 Å². The van der Waals surface area contributed by atoms with Crippen molar-refractivity contribution in [3.05, 3.63) is 0 Å². The molecule has 0 aromatic carbocycles. The summed E-state index contributed by atoms with van der Waals surface area (Å²) in [5.41, 5.74) is 0. The number of unbranched alkanes of at least 4 members (excludes halogenated alkanes) is 10. The second-order valence-electron chi connectivity index (χ2n) is 5.89. The molecule has 0 radical (unpaired) electrons. The molecule has 0 spiro atoms. The minimum Gasteiger partial charge on any atom is -0.312 e. The average molecular weight is 320 g/mol. The Kier molecular flexibility index (Phi) is 15.2. The summed E-state index contributed by atoms with van der Waals surface area (Å²) in [5, 5.41) is 0. The Morgan fingerprint density at radius 2 is 1.19 bits per heavy atom. The minimum atomic E-state index is -2.80. The van der Waals surface area contributed by atoms with Crippen molar-refractivity contribution in [2.24, 2.45) is 0 Å². The van der Waals surface area contributed by atoms with Gasteiger partial charge in [0.2, 0.25) is 0 Å². The van der Waals surface area contributed by atoms with Crippen molar-refractivity contribution in [3.63, 3.8) is 0 Å². The fraction of sp³-hybridized carbons (Fsp3) is 1.00. The smallest absolute Gasteiger partial charge is 0.312 e. The van der Waals surface area contributed by atoms with E-state index in [0.717, 1.165) is 25.7 Å². The SMILES string of the molecule is CCCCCCCCCCCCP(=O)(OC)OCCCC. The molecule has 0 heterocycles. The van der Waals surface area contributed by atoms with Crippen LogP contribution >= 0.6 is 7.60 Å². The molecule has 0 bridgehead atoms. The summed E-state index contributed by atoms with van der Waals surface area (Å²) in [6.45, 7) is 4.91. The molecule has 0 fully saturated rings. The van der Waals surface area contributed by atoms with Crippen molar-refractivity contribution in [1.82, 2.24) is 0 Å². The Bertz CT molecular complexity index is 256. The maximum absolute atomic E-state index is 12.2. The number of hydrogen-bond acceptors (Lipinski definition) is 3. The van der Waals surface area contributed by atoms with E-state index < -0.39 is 7.60 Å². The maximum atomic E-state index is 12.2. The lowest BCUT2D eigenvalue weighted by molar-refractivity contribution is 0.229. The van der Waals surface area contributed by atoms with Gasteiger partial charge in [0.25, 0.3) is 0 Å². The van der Waals surface area contributed by atoms with Gasteiger partial charge in [-0.3, -0.25) is 4.57 Å². The van der Waals surface area contributed by atoms with Gasteiger partial charge in [-0.25, -0.2) is 0 Å². The molecule has 0 amide bonds. The standard InChI is InChI=1S/C17H37O3P/c1-4-6-8-9-10-11-12-13-14-15-17-21(18,19-3)20-16-7-5-2/h4-17H2,1-3H3. The molecule has 0 saturated heterocycles. The third-order valence-corrected chi connectivity index (χ3v) is 5.85. The second-order valence-corrected chi connectivity index (χ2v) is 8.18. The molecule has 0 aromatic heterocycles. The molecule has 0 N–H and O–H groups in total. The van der Waals surface area contributed by atoms with Crippen LogP contribution in [-0.2, 0) is 13.6 Å². The molecule has 1 unspecified atom stereocenters. The summed E-state index contributed by atoms with van der Waals surface area (Å²) >= 11 is 0. The lowest BCUT2D eigenvalue weighted by atomic mass is 10.1. The first-order valence-electron chi connectivity index (χ1n) is 8.98. The molecule has 0 aliphatic carbocycles. The molecule has 3 nitrogen and oxygen atoms in total. The highest BCUT2D eigenvalue weighted by Gasteiger charge is 2.21. The highest BCUT2D eigenvalue weighted by atomic mass is 31.2. The summed E-state index contributed by atoms with van der Waals surface area (Å²) in [6.07, 6.45) is 15.4. The van der Waals surface area contributed by atoms with Gasteiger partial charge in [0.1, 0.15) is 0 Å². The number of hydrogen-bond donors (Lipinski definition) is 0. The first-order chi connectivity index (χ1) is 10.2. The lowest BCUT2D eigenvalue weighted by Crippen LogP contribution is -1.99. The summed E-state index contributed by atoms with van der Waals surface area (Å²) in [6, 6.07) is 0. The highest BCUT2D eigenvalue weighted by molar-refractivity contribution is 7.53. The summed E-state index contributed by atoms with van der Waals surface area (Å²) in [7, 11) is -1.30. The Balaban J connectivity index is 3.44. The molecular formula is C17H37O3P. The molecule has 0 aliphatic heterocycles. The van der Waals surface area contributed by atoms with Crippen LogP contribution in [0, 0.1) is 0 Å². The molecule has 21 heavy (non-hydrogen) atoms. The van der Waals surface area contributed by atoms with Gasteiger partial charge in [-0.15, -0.1) is 0 Å². The molecule has 4 heteroatoms. The Hall–Kier alpha value is 0.150. The predicted octanol–water partition coefficient (Wildman–Crippen LogP) is 6.56. The topological polar surface area (TPSA) is 35.5 Å². The average Bonchev–Trinajstić information content (AvgIpc) is 2.49. The Morgan fingerprint density at radius 1 is 0.714 bits per heavy atom. The van der Waals surface area contributed by atoms with Gasteiger partial charge < -0.3 is 9.05 Å². The Morgan fingerprint density at radius 3 is 1.67 bits per heavy atom. The van der Waals surface area contributed by atoms with Gasteiger partial charge in [-0.1, -0.05) is 78.1 Å². The highest BCUT2D eigenvalue weighted by Crippen LogP contribution is 2.48. The monoisotopic (exact) mass is 320 g/mol. The van der Waals surface area contributed by atoms with Crippen molar-refractivity contribution < 1.29 is 13.6 Å². The second kappa shape index (κ2) is 15.1. The van der Waals surface area contributed by atoms with E-state index in [2.05, 4.69) is 13.8 Å². The van der Waals surface area contributed by atoms with E-state index >= 15 is 0 Å². The van der Waals surface area contributed by atoms with Crippen LogP contribution in [0.4, 0.5) is 0 Å². The van der Waals surface area contributed by atoms with Crippen LogP contribution in [0.25, 0.3) is 0 Å². The summed E-state index contributed by atoms with van der Waals surface area (Å²) < 4.78 is 22.8. The maximum Gasteiger partial charge on any atom is 0.330 e. The van der Waals surface area contributed by atoms with Gasteiger partial charge in [-0.2, -0.15) is 0 Å². The molecule has 0 rings (SSSR count). The van der Waals surface area contributed by atoms with Crippen LogP contribution in [0.5, 0.6) is 0 Å². The van der Waals surface area contributed by atoms with Crippen molar-refractivity contribution in [3.8, 4) is 0 Å². The molecule has 0 aromatic rings. The summed E-state index contributed by atoms with van der Waals surface area (Å²) in [4.78, 5) is 0. The van der Waals surface area contributed by atoms with E-state index in [1.54, 1.807) is 0 Å². The van der Waals surface area contributed by atoms with Crippen LogP contribution in [0.15, 0.2) is 0 Å². The molecule has 1 atom stereocenters. The first-order valence-corrected chi connectivity index (χ1v) is 10.7. The number of rotatable bonds is 16. The first kappa shape index (κ1) is 21.1. The van der Waals surface area contributed by atoms with Gasteiger partial charge in [0.05, 0.1) is 12.8 Å². The van der Waals surface area contributed by atoms with Gasteiger partial charge in [0, 0.05) is 7.11 Å². The quantitative estimate of drug-likeness (QED) is 0.238. The van der Waals surface area contributed by atoms with Crippen LogP contribution < -0.4 is 0 Å². The molecular weight excluding hydrogens is 283 g/mol. The third kappa shape index (κ3) is 13.5. The van der Waals surface area contributed by atoms with E-state index in [0.29, 0.717) is 12.8 Å².